The van der Waals surface area contributed by atoms with E-state index in [4.69, 9.17) is 4.42 Å². The second-order valence-corrected chi connectivity index (χ2v) is 9.64. The fraction of sp³-hybridized carbons (Fsp3) is 0.381. The van der Waals surface area contributed by atoms with Gasteiger partial charge in [0.25, 0.3) is 0 Å². The van der Waals surface area contributed by atoms with Crippen molar-refractivity contribution >= 4 is 21.1 Å². The molecule has 1 saturated heterocycles. The summed E-state index contributed by atoms with van der Waals surface area (Å²) in [6, 6.07) is 9.20. The summed E-state index contributed by atoms with van der Waals surface area (Å²) in [5, 5.41) is 0. The average Bonchev–Trinajstić information content (AvgIpc) is 3.02. The Labute approximate surface area is 182 Å². The largest absolute Gasteiger partial charge is 0.419 e. The fourth-order valence-corrected chi connectivity index (χ4v) is 5.20. The Bertz CT molecular complexity index is 1290. The lowest BCUT2D eigenvalue weighted by molar-refractivity contribution is -0.137. The number of piperidine rings is 1. The number of rotatable bonds is 5. The molecular formula is C21H22F3N3O4S. The predicted octanol–water partition coefficient (Wildman–Crippen LogP) is 3.09. The highest BCUT2D eigenvalue weighted by molar-refractivity contribution is 7.89. The van der Waals surface area contributed by atoms with Crippen LogP contribution in [0.1, 0.15) is 24.0 Å². The first kappa shape index (κ1) is 22.6. The average molecular weight is 469 g/mol. The molecule has 1 aliphatic rings. The molecule has 1 fully saturated rings. The van der Waals surface area contributed by atoms with Crippen LogP contribution in [0.25, 0.3) is 11.1 Å². The summed E-state index contributed by atoms with van der Waals surface area (Å²) in [6.45, 7) is 1.47. The van der Waals surface area contributed by atoms with E-state index in [-0.39, 0.29) is 16.5 Å². The molecule has 1 aromatic heterocycles. The van der Waals surface area contributed by atoms with Crippen LogP contribution >= 0.6 is 0 Å². The third-order valence-corrected chi connectivity index (χ3v) is 7.16. The second-order valence-electron chi connectivity index (χ2n) is 7.93. The molecule has 0 radical (unpaired) electrons. The Kier molecular flexibility index (Phi) is 5.91. The van der Waals surface area contributed by atoms with Crippen molar-refractivity contribution in [2.75, 3.05) is 13.1 Å². The van der Waals surface area contributed by atoms with Gasteiger partial charge in [0.15, 0.2) is 5.58 Å². The molecule has 3 aromatic rings. The van der Waals surface area contributed by atoms with E-state index in [1.54, 1.807) is 6.07 Å². The summed E-state index contributed by atoms with van der Waals surface area (Å²) in [4.78, 5) is 13.6. The van der Waals surface area contributed by atoms with Gasteiger partial charge >= 0.3 is 11.9 Å². The maximum Gasteiger partial charge on any atom is 0.419 e. The highest BCUT2D eigenvalue weighted by Crippen LogP contribution is 2.30. The normalized spacial score (nSPS) is 16.6. The highest BCUT2D eigenvalue weighted by Gasteiger charge is 2.31. The molecule has 0 amide bonds. The summed E-state index contributed by atoms with van der Waals surface area (Å²) in [6.07, 6.45) is -3.33. The third-order valence-electron chi connectivity index (χ3n) is 5.64. The zero-order chi connectivity index (χ0) is 23.1. The van der Waals surface area contributed by atoms with Gasteiger partial charge < -0.3 is 4.42 Å². The molecule has 4 rings (SSSR count). The molecule has 2 aromatic carbocycles. The van der Waals surface area contributed by atoms with Crippen molar-refractivity contribution in [1.82, 2.24) is 14.2 Å². The van der Waals surface area contributed by atoms with Gasteiger partial charge in [-0.25, -0.2) is 17.9 Å². The Morgan fingerprint density at radius 1 is 1.12 bits per heavy atom. The lowest BCUT2D eigenvalue weighted by Gasteiger charge is -2.32. The first-order valence-electron chi connectivity index (χ1n) is 10.0. The van der Waals surface area contributed by atoms with Crippen LogP contribution < -0.4 is 10.5 Å². The number of halogens is 3. The van der Waals surface area contributed by atoms with Crippen LogP contribution in [-0.4, -0.2) is 37.0 Å². The van der Waals surface area contributed by atoms with Crippen molar-refractivity contribution < 1.29 is 26.0 Å². The number of benzene rings is 2. The van der Waals surface area contributed by atoms with E-state index in [9.17, 15) is 26.4 Å². The number of nitrogens with one attached hydrogen (secondary N) is 1. The first-order valence-corrected chi connectivity index (χ1v) is 11.5. The van der Waals surface area contributed by atoms with Crippen molar-refractivity contribution in [1.29, 1.82) is 0 Å². The first-order chi connectivity index (χ1) is 15.0. The standard InChI is InChI=1S/C21H22F3N3O4S/c1-26-18-6-5-17(12-19(18)31-20(26)28)32(29,30)25-16-7-9-27(10-8-16)13-14-3-2-4-15(11-14)21(22,23)24/h2-6,11-12,16,25H,7-10,13H2,1H3. The van der Waals surface area contributed by atoms with E-state index in [0.29, 0.717) is 43.6 Å². The molecule has 2 heterocycles. The maximum atomic E-state index is 12.9. The molecule has 7 nitrogen and oxygen atoms in total. The topological polar surface area (TPSA) is 84.5 Å². The number of oxazole rings is 1. The zero-order valence-electron chi connectivity index (χ0n) is 17.2. The van der Waals surface area contributed by atoms with Gasteiger partial charge in [-0.3, -0.25) is 9.47 Å². The van der Waals surface area contributed by atoms with Crippen molar-refractivity contribution in [2.45, 2.75) is 36.5 Å². The predicted molar refractivity (Wildman–Crippen MR) is 112 cm³/mol. The minimum absolute atomic E-state index is 0.00532. The third kappa shape index (κ3) is 4.74. The number of nitrogens with zero attached hydrogens (tertiary/aromatic N) is 2. The van der Waals surface area contributed by atoms with Gasteiger partial charge in [-0.05, 0) is 36.6 Å². The molecule has 172 valence electrons. The summed E-state index contributed by atoms with van der Waals surface area (Å²) in [7, 11) is -2.28. The number of fused-ring (bicyclic) bond motifs is 1. The van der Waals surface area contributed by atoms with Crippen LogP contribution in [0.5, 0.6) is 0 Å². The molecule has 0 atom stereocenters. The summed E-state index contributed by atoms with van der Waals surface area (Å²) >= 11 is 0. The van der Waals surface area contributed by atoms with Crippen LogP contribution in [0, 0.1) is 0 Å². The summed E-state index contributed by atoms with van der Waals surface area (Å²) in [5.74, 6) is -0.573. The summed E-state index contributed by atoms with van der Waals surface area (Å²) < 4.78 is 73.3. The molecular weight excluding hydrogens is 447 g/mol. The molecule has 1 aliphatic heterocycles. The van der Waals surface area contributed by atoms with E-state index in [2.05, 4.69) is 4.72 Å². The van der Waals surface area contributed by atoms with Crippen LogP contribution in [0.15, 0.2) is 56.6 Å². The maximum absolute atomic E-state index is 12.9. The molecule has 0 aliphatic carbocycles. The minimum Gasteiger partial charge on any atom is -0.408 e. The summed E-state index contributed by atoms with van der Waals surface area (Å²) in [5.41, 5.74) is 0.577. The molecule has 11 heteroatoms. The van der Waals surface area contributed by atoms with Crippen LogP contribution in [0.4, 0.5) is 13.2 Å². The van der Waals surface area contributed by atoms with Crippen LogP contribution in [0.2, 0.25) is 0 Å². The number of likely N-dealkylation sites (tertiary alicyclic amines) is 1. The highest BCUT2D eigenvalue weighted by atomic mass is 32.2. The lowest BCUT2D eigenvalue weighted by atomic mass is 10.0. The van der Waals surface area contributed by atoms with Gasteiger partial charge in [0.05, 0.1) is 16.0 Å². The van der Waals surface area contributed by atoms with Crippen LogP contribution in [-0.2, 0) is 29.8 Å². The Morgan fingerprint density at radius 2 is 1.84 bits per heavy atom. The van der Waals surface area contributed by atoms with E-state index >= 15 is 0 Å². The zero-order valence-corrected chi connectivity index (χ0v) is 18.0. The molecule has 0 unspecified atom stereocenters. The minimum atomic E-state index is -4.38. The molecule has 32 heavy (non-hydrogen) atoms. The van der Waals surface area contributed by atoms with E-state index in [1.807, 2.05) is 4.90 Å². The van der Waals surface area contributed by atoms with Gasteiger partial charge in [0.2, 0.25) is 10.0 Å². The van der Waals surface area contributed by atoms with Gasteiger partial charge in [-0.2, -0.15) is 13.2 Å². The van der Waals surface area contributed by atoms with E-state index in [1.165, 1.54) is 35.9 Å². The molecule has 1 N–H and O–H groups in total. The SMILES string of the molecule is Cn1c(=O)oc2cc(S(=O)(=O)NC3CCN(Cc4cccc(C(F)(F)F)c4)CC3)ccc21. The molecule has 0 saturated carbocycles. The smallest absolute Gasteiger partial charge is 0.408 e. The quantitative estimate of drug-likeness (QED) is 0.621. The van der Waals surface area contributed by atoms with E-state index in [0.717, 1.165) is 12.1 Å². The van der Waals surface area contributed by atoms with Crippen molar-refractivity contribution in [3.05, 3.63) is 64.1 Å². The Hall–Kier alpha value is -2.63. The second kappa shape index (κ2) is 8.38. The number of aryl methyl sites for hydroxylation is 1. The monoisotopic (exact) mass is 469 g/mol. The number of alkyl halides is 3. The van der Waals surface area contributed by atoms with Gasteiger partial charge in [-0.1, -0.05) is 18.2 Å². The molecule has 0 spiro atoms. The Morgan fingerprint density at radius 3 is 2.53 bits per heavy atom. The fourth-order valence-electron chi connectivity index (χ4n) is 3.88. The van der Waals surface area contributed by atoms with Crippen molar-refractivity contribution in [3.63, 3.8) is 0 Å². The number of aromatic nitrogens is 1. The van der Waals surface area contributed by atoms with Gasteiger partial charge in [0.1, 0.15) is 0 Å². The number of hydrogen-bond donors (Lipinski definition) is 1. The van der Waals surface area contributed by atoms with Crippen molar-refractivity contribution in [3.8, 4) is 0 Å². The Balaban J connectivity index is 1.38. The number of sulfonamides is 1. The number of hydrogen-bond acceptors (Lipinski definition) is 5. The molecule has 0 bridgehead atoms. The van der Waals surface area contributed by atoms with Gasteiger partial charge in [-0.15, -0.1) is 0 Å². The van der Waals surface area contributed by atoms with Crippen molar-refractivity contribution in [2.24, 2.45) is 7.05 Å². The van der Waals surface area contributed by atoms with E-state index < -0.39 is 27.5 Å². The lowest BCUT2D eigenvalue weighted by Crippen LogP contribution is -2.44. The van der Waals surface area contributed by atoms with Crippen LogP contribution in [0.3, 0.4) is 0 Å². The van der Waals surface area contributed by atoms with Gasteiger partial charge in [0, 0.05) is 38.8 Å².